The Balaban J connectivity index is 1.42. The maximum Gasteiger partial charge on any atom is 0.220 e. The molecule has 8 heteroatoms. The highest BCUT2D eigenvalue weighted by molar-refractivity contribution is 5.76. The maximum absolute atomic E-state index is 12.1. The highest BCUT2D eigenvalue weighted by Crippen LogP contribution is 2.18. The number of fused-ring (bicyclic) bond motifs is 1. The number of carbonyl (C=O) groups excluding carboxylic acids is 1. The molecule has 0 bridgehead atoms. The van der Waals surface area contributed by atoms with Crippen molar-refractivity contribution in [2.24, 2.45) is 0 Å². The van der Waals surface area contributed by atoms with Gasteiger partial charge in [-0.2, -0.15) is 4.52 Å². The molecule has 25 heavy (non-hydrogen) atoms. The molecule has 2 aromatic heterocycles. The molecule has 0 radical (unpaired) electrons. The first-order valence-corrected chi connectivity index (χ1v) is 9.13. The Kier molecular flexibility index (Phi) is 4.78. The summed E-state index contributed by atoms with van der Waals surface area (Å²) in [4.78, 5) is 14.3. The molecule has 2 fully saturated rings. The molecule has 0 unspecified atom stereocenters. The molecule has 1 aliphatic heterocycles. The van der Waals surface area contributed by atoms with E-state index in [-0.39, 0.29) is 5.91 Å². The molecule has 1 saturated heterocycles. The number of hydrogen-bond donors (Lipinski definition) is 1. The van der Waals surface area contributed by atoms with Gasteiger partial charge in [0.05, 0.1) is 13.2 Å². The number of aromatic nitrogens is 4. The fourth-order valence-corrected chi connectivity index (χ4v) is 3.54. The normalized spacial score (nSPS) is 18.8. The Labute approximate surface area is 146 Å². The predicted octanol–water partition coefficient (Wildman–Crippen LogP) is 0.952. The fourth-order valence-electron chi connectivity index (χ4n) is 3.54. The van der Waals surface area contributed by atoms with Gasteiger partial charge in [-0.05, 0) is 25.0 Å². The number of hydrogen-bond acceptors (Lipinski definition) is 6. The molecule has 4 rings (SSSR count). The standard InChI is InChI=1S/C17H24N6O2/c24-17(18-13-3-1-2-4-13)8-7-15-20-19-14-5-6-16(21-23(14)15)22-9-11-25-12-10-22/h5-6,13H,1-4,7-12H2,(H,18,24). The molecule has 1 N–H and O–H groups in total. The van der Waals surface area contributed by atoms with Gasteiger partial charge in [-0.3, -0.25) is 4.79 Å². The number of rotatable bonds is 5. The van der Waals surface area contributed by atoms with Gasteiger partial charge in [0.25, 0.3) is 0 Å². The van der Waals surface area contributed by atoms with Gasteiger partial charge in [-0.1, -0.05) is 12.8 Å². The summed E-state index contributed by atoms with van der Waals surface area (Å²) < 4.78 is 7.15. The van der Waals surface area contributed by atoms with Gasteiger partial charge in [-0.15, -0.1) is 15.3 Å². The van der Waals surface area contributed by atoms with Crippen molar-refractivity contribution >= 4 is 17.4 Å². The molecule has 0 spiro atoms. The van der Waals surface area contributed by atoms with Gasteiger partial charge in [0, 0.05) is 32.0 Å². The smallest absolute Gasteiger partial charge is 0.220 e. The van der Waals surface area contributed by atoms with E-state index < -0.39 is 0 Å². The van der Waals surface area contributed by atoms with Crippen LogP contribution in [0.2, 0.25) is 0 Å². The number of amides is 1. The lowest BCUT2D eigenvalue weighted by atomic mass is 10.2. The molecular weight excluding hydrogens is 320 g/mol. The average Bonchev–Trinajstić information content (AvgIpc) is 3.30. The van der Waals surface area contributed by atoms with E-state index in [2.05, 4.69) is 25.5 Å². The van der Waals surface area contributed by atoms with Crippen molar-refractivity contribution in [3.05, 3.63) is 18.0 Å². The van der Waals surface area contributed by atoms with Crippen molar-refractivity contribution in [1.29, 1.82) is 0 Å². The zero-order valence-corrected chi connectivity index (χ0v) is 14.4. The minimum Gasteiger partial charge on any atom is -0.378 e. The minimum absolute atomic E-state index is 0.0907. The summed E-state index contributed by atoms with van der Waals surface area (Å²) in [5.74, 6) is 1.71. The number of nitrogens with zero attached hydrogens (tertiary/aromatic N) is 5. The van der Waals surface area contributed by atoms with E-state index in [0.717, 1.165) is 50.8 Å². The van der Waals surface area contributed by atoms with E-state index in [1.54, 1.807) is 4.52 Å². The largest absolute Gasteiger partial charge is 0.378 e. The Morgan fingerprint density at radius 3 is 2.80 bits per heavy atom. The number of morpholine rings is 1. The summed E-state index contributed by atoms with van der Waals surface area (Å²) in [6.45, 7) is 3.10. The van der Waals surface area contributed by atoms with Crippen LogP contribution < -0.4 is 10.2 Å². The van der Waals surface area contributed by atoms with E-state index in [1.807, 2.05) is 12.1 Å². The Morgan fingerprint density at radius 2 is 2.00 bits per heavy atom. The van der Waals surface area contributed by atoms with Gasteiger partial charge in [0.2, 0.25) is 5.91 Å². The van der Waals surface area contributed by atoms with Crippen LogP contribution in [0, 0.1) is 0 Å². The van der Waals surface area contributed by atoms with Crippen LogP contribution in [0.4, 0.5) is 5.82 Å². The van der Waals surface area contributed by atoms with E-state index in [0.29, 0.717) is 24.5 Å². The summed E-state index contributed by atoms with van der Waals surface area (Å²) in [6, 6.07) is 4.24. The van der Waals surface area contributed by atoms with Crippen LogP contribution in [-0.4, -0.2) is 58.1 Å². The van der Waals surface area contributed by atoms with E-state index in [9.17, 15) is 4.79 Å². The lowest BCUT2D eigenvalue weighted by Crippen LogP contribution is -2.37. The third kappa shape index (κ3) is 3.73. The molecule has 2 aromatic rings. The van der Waals surface area contributed by atoms with Gasteiger partial charge >= 0.3 is 0 Å². The van der Waals surface area contributed by atoms with Crippen LogP contribution in [0.1, 0.15) is 37.9 Å². The molecule has 8 nitrogen and oxygen atoms in total. The first kappa shape index (κ1) is 16.3. The molecular formula is C17H24N6O2. The van der Waals surface area contributed by atoms with Crippen molar-refractivity contribution in [2.45, 2.75) is 44.6 Å². The summed E-state index contributed by atoms with van der Waals surface area (Å²) in [5.41, 5.74) is 0.711. The van der Waals surface area contributed by atoms with Gasteiger partial charge < -0.3 is 15.0 Å². The van der Waals surface area contributed by atoms with Crippen molar-refractivity contribution in [1.82, 2.24) is 25.1 Å². The second-order valence-electron chi connectivity index (χ2n) is 6.73. The molecule has 134 valence electrons. The van der Waals surface area contributed by atoms with Crippen molar-refractivity contribution in [3.63, 3.8) is 0 Å². The zero-order chi connectivity index (χ0) is 17.1. The van der Waals surface area contributed by atoms with E-state index in [4.69, 9.17) is 4.74 Å². The van der Waals surface area contributed by atoms with Crippen LogP contribution in [0.15, 0.2) is 12.1 Å². The third-order valence-corrected chi connectivity index (χ3v) is 4.94. The van der Waals surface area contributed by atoms with Crippen LogP contribution in [0.5, 0.6) is 0 Å². The van der Waals surface area contributed by atoms with Gasteiger partial charge in [0.15, 0.2) is 11.5 Å². The monoisotopic (exact) mass is 344 g/mol. The quantitative estimate of drug-likeness (QED) is 0.869. The molecule has 0 aromatic carbocycles. The van der Waals surface area contributed by atoms with Crippen LogP contribution in [0.3, 0.4) is 0 Å². The summed E-state index contributed by atoms with van der Waals surface area (Å²) >= 11 is 0. The predicted molar refractivity (Wildman–Crippen MR) is 92.5 cm³/mol. The second-order valence-corrected chi connectivity index (χ2v) is 6.73. The number of ether oxygens (including phenoxy) is 1. The first-order valence-electron chi connectivity index (χ1n) is 9.13. The Hall–Kier alpha value is -2.22. The second kappa shape index (κ2) is 7.35. The maximum atomic E-state index is 12.1. The lowest BCUT2D eigenvalue weighted by molar-refractivity contribution is -0.121. The Bertz CT molecular complexity index is 734. The van der Waals surface area contributed by atoms with Crippen LogP contribution in [-0.2, 0) is 16.0 Å². The van der Waals surface area contributed by atoms with Crippen molar-refractivity contribution in [3.8, 4) is 0 Å². The van der Waals surface area contributed by atoms with Crippen LogP contribution >= 0.6 is 0 Å². The highest BCUT2D eigenvalue weighted by atomic mass is 16.5. The van der Waals surface area contributed by atoms with Gasteiger partial charge in [-0.25, -0.2) is 0 Å². The molecule has 0 atom stereocenters. The van der Waals surface area contributed by atoms with E-state index in [1.165, 1.54) is 12.8 Å². The summed E-state index contributed by atoms with van der Waals surface area (Å²) in [7, 11) is 0. The third-order valence-electron chi connectivity index (χ3n) is 4.94. The summed E-state index contributed by atoms with van der Waals surface area (Å²) in [5, 5.41) is 16.2. The van der Waals surface area contributed by atoms with Crippen molar-refractivity contribution in [2.75, 3.05) is 31.2 Å². The lowest BCUT2D eigenvalue weighted by Gasteiger charge is -2.27. The molecule has 1 amide bonds. The van der Waals surface area contributed by atoms with Crippen LogP contribution in [0.25, 0.3) is 5.65 Å². The Morgan fingerprint density at radius 1 is 1.20 bits per heavy atom. The number of nitrogens with one attached hydrogen (secondary N) is 1. The minimum atomic E-state index is 0.0907. The fraction of sp³-hybridized carbons (Fsp3) is 0.647. The summed E-state index contributed by atoms with van der Waals surface area (Å²) in [6.07, 6.45) is 5.59. The number of aryl methyl sites for hydroxylation is 1. The SMILES string of the molecule is O=C(CCc1nnc2ccc(N3CCOCC3)nn12)NC1CCCC1. The zero-order valence-electron chi connectivity index (χ0n) is 14.4. The average molecular weight is 344 g/mol. The number of anilines is 1. The number of carbonyl (C=O) groups is 1. The van der Waals surface area contributed by atoms with Gasteiger partial charge in [0.1, 0.15) is 5.82 Å². The molecule has 1 aliphatic carbocycles. The first-order chi connectivity index (χ1) is 12.3. The highest BCUT2D eigenvalue weighted by Gasteiger charge is 2.18. The molecule has 2 aliphatic rings. The molecule has 3 heterocycles. The molecule has 1 saturated carbocycles. The van der Waals surface area contributed by atoms with Crippen molar-refractivity contribution < 1.29 is 9.53 Å². The van der Waals surface area contributed by atoms with E-state index >= 15 is 0 Å². The topological polar surface area (TPSA) is 84.7 Å².